The summed E-state index contributed by atoms with van der Waals surface area (Å²) in [5, 5.41) is 2.63. The third kappa shape index (κ3) is 3.77. The van der Waals surface area contributed by atoms with E-state index in [4.69, 9.17) is 5.73 Å². The Labute approximate surface area is 127 Å². The fourth-order valence-electron chi connectivity index (χ4n) is 2.14. The predicted molar refractivity (Wildman–Crippen MR) is 85.7 cm³/mol. The third-order valence-corrected chi connectivity index (χ3v) is 4.30. The van der Waals surface area contributed by atoms with E-state index < -0.39 is 11.2 Å². The first-order valence-corrected chi connectivity index (χ1v) is 7.69. The first kappa shape index (κ1) is 15.4. The smallest absolute Gasteiger partial charge is 0.221 e. The Kier molecular flexibility index (Phi) is 4.55. The van der Waals surface area contributed by atoms with Gasteiger partial charge in [0.25, 0.3) is 0 Å². The number of carbonyl (C=O) groups excluding carboxylic acids is 1. The van der Waals surface area contributed by atoms with Gasteiger partial charge in [0.2, 0.25) is 5.91 Å². The highest BCUT2D eigenvalue weighted by Gasteiger charge is 2.17. The van der Waals surface area contributed by atoms with Crippen LogP contribution in [0.25, 0.3) is 0 Å². The maximum atomic E-state index is 12.6. The average molecular weight is 302 g/mol. The van der Waals surface area contributed by atoms with Gasteiger partial charge < -0.3 is 15.6 Å². The van der Waals surface area contributed by atoms with Gasteiger partial charge in [0.1, 0.15) is 0 Å². The summed E-state index contributed by atoms with van der Waals surface area (Å²) >= 11 is -1.29. The van der Waals surface area contributed by atoms with Crippen molar-refractivity contribution in [2.75, 3.05) is 11.1 Å². The lowest BCUT2D eigenvalue weighted by atomic mass is 10.2. The Balaban J connectivity index is 2.33. The van der Waals surface area contributed by atoms with Gasteiger partial charge in [-0.25, -0.2) is 0 Å². The van der Waals surface area contributed by atoms with E-state index in [9.17, 15) is 9.35 Å². The molecule has 0 bridgehead atoms. The Bertz CT molecular complexity index is 666. The van der Waals surface area contributed by atoms with Crippen LogP contribution >= 0.6 is 0 Å². The highest BCUT2D eigenvalue weighted by molar-refractivity contribution is 7.91. The average Bonchev–Trinajstić information content (AvgIpc) is 2.38. The zero-order valence-electron chi connectivity index (χ0n) is 12.3. The third-order valence-electron chi connectivity index (χ3n) is 2.96. The molecule has 1 amide bonds. The molecule has 2 rings (SSSR count). The van der Waals surface area contributed by atoms with Crippen molar-refractivity contribution in [2.24, 2.45) is 0 Å². The second-order valence-corrected chi connectivity index (χ2v) is 6.50. The van der Waals surface area contributed by atoms with Gasteiger partial charge in [-0.1, -0.05) is 6.07 Å². The normalized spacial score (nSPS) is 12.0. The summed E-state index contributed by atoms with van der Waals surface area (Å²) in [6.45, 7) is 5.37. The highest BCUT2D eigenvalue weighted by atomic mass is 32.2. The number of nitrogen functional groups attached to an aromatic ring is 1. The molecule has 0 aliphatic carbocycles. The van der Waals surface area contributed by atoms with Crippen LogP contribution in [0.1, 0.15) is 18.1 Å². The molecule has 0 saturated heterocycles. The van der Waals surface area contributed by atoms with Crippen LogP contribution < -0.4 is 11.1 Å². The van der Waals surface area contributed by atoms with Crippen molar-refractivity contribution in [1.82, 2.24) is 0 Å². The molecule has 0 aliphatic rings. The van der Waals surface area contributed by atoms with E-state index in [1.165, 1.54) is 6.92 Å². The zero-order chi connectivity index (χ0) is 15.6. The molecule has 0 fully saturated rings. The molecule has 4 nitrogen and oxygen atoms in total. The topological polar surface area (TPSA) is 78.2 Å². The van der Waals surface area contributed by atoms with Crippen LogP contribution in [0.2, 0.25) is 0 Å². The van der Waals surface area contributed by atoms with Crippen LogP contribution in [0.4, 0.5) is 11.4 Å². The summed E-state index contributed by atoms with van der Waals surface area (Å²) in [7, 11) is 0. The lowest BCUT2D eigenvalue weighted by Gasteiger charge is -2.13. The van der Waals surface area contributed by atoms with E-state index in [0.717, 1.165) is 16.0 Å². The van der Waals surface area contributed by atoms with Crippen LogP contribution in [-0.4, -0.2) is 10.5 Å². The summed E-state index contributed by atoms with van der Waals surface area (Å²) in [6.07, 6.45) is 0. The fraction of sp³-hybridized carbons (Fsp3) is 0.188. The molecule has 0 aliphatic heterocycles. The number of aryl methyl sites for hydroxylation is 2. The Morgan fingerprint density at radius 2 is 1.71 bits per heavy atom. The largest absolute Gasteiger partial charge is 0.606 e. The van der Waals surface area contributed by atoms with Gasteiger partial charge in [-0.15, -0.1) is 0 Å². The van der Waals surface area contributed by atoms with Gasteiger partial charge in [0, 0.05) is 24.2 Å². The van der Waals surface area contributed by atoms with Gasteiger partial charge >= 0.3 is 0 Å². The molecule has 0 radical (unpaired) electrons. The van der Waals surface area contributed by atoms with E-state index in [1.54, 1.807) is 18.2 Å². The minimum absolute atomic E-state index is 0.190. The molecule has 21 heavy (non-hydrogen) atoms. The molecule has 5 heteroatoms. The molecule has 110 valence electrons. The summed E-state index contributed by atoms with van der Waals surface area (Å²) < 4.78 is 12.6. The van der Waals surface area contributed by atoms with Crippen molar-refractivity contribution in [3.05, 3.63) is 47.5 Å². The van der Waals surface area contributed by atoms with Crippen LogP contribution in [0.5, 0.6) is 0 Å². The molecule has 2 aromatic rings. The van der Waals surface area contributed by atoms with E-state index in [1.807, 2.05) is 32.0 Å². The number of carbonyl (C=O) groups is 1. The number of nitrogens with one attached hydrogen (secondary N) is 1. The molecular weight excluding hydrogens is 284 g/mol. The lowest BCUT2D eigenvalue weighted by molar-refractivity contribution is -0.114. The second kappa shape index (κ2) is 6.20. The molecule has 2 aromatic carbocycles. The molecular formula is C16H18N2O2S. The molecule has 1 atom stereocenters. The monoisotopic (exact) mass is 302 g/mol. The highest BCUT2D eigenvalue weighted by Crippen LogP contribution is 2.28. The number of amides is 1. The number of hydrogen-bond donors (Lipinski definition) is 2. The first-order valence-electron chi connectivity index (χ1n) is 6.54. The number of benzene rings is 2. The van der Waals surface area contributed by atoms with Crippen molar-refractivity contribution in [2.45, 2.75) is 30.6 Å². The second-order valence-electron chi connectivity index (χ2n) is 5.02. The number of nitrogens with two attached hydrogens (primary N) is 1. The van der Waals surface area contributed by atoms with Crippen molar-refractivity contribution in [3.8, 4) is 0 Å². The van der Waals surface area contributed by atoms with E-state index >= 15 is 0 Å². The summed E-state index contributed by atoms with van der Waals surface area (Å²) in [4.78, 5) is 12.4. The minimum atomic E-state index is -1.29. The molecule has 0 aromatic heterocycles. The number of anilines is 2. The van der Waals surface area contributed by atoms with E-state index in [-0.39, 0.29) is 5.91 Å². The molecule has 0 saturated carbocycles. The molecule has 1 unspecified atom stereocenters. The Morgan fingerprint density at radius 1 is 1.10 bits per heavy atom. The van der Waals surface area contributed by atoms with Crippen LogP contribution in [0.15, 0.2) is 46.2 Å². The Morgan fingerprint density at radius 3 is 2.24 bits per heavy atom. The number of rotatable bonds is 3. The van der Waals surface area contributed by atoms with E-state index in [2.05, 4.69) is 5.32 Å². The summed E-state index contributed by atoms with van der Waals surface area (Å²) in [6, 6.07) is 10.9. The first-order chi connectivity index (χ1) is 9.86. The van der Waals surface area contributed by atoms with Gasteiger partial charge in [0.15, 0.2) is 9.79 Å². The molecule has 0 heterocycles. The number of hydrogen-bond acceptors (Lipinski definition) is 3. The van der Waals surface area contributed by atoms with Crippen LogP contribution in [0.3, 0.4) is 0 Å². The minimum Gasteiger partial charge on any atom is -0.606 e. The van der Waals surface area contributed by atoms with Gasteiger partial charge in [-0.2, -0.15) is 0 Å². The molecule has 3 N–H and O–H groups in total. The quantitative estimate of drug-likeness (QED) is 0.675. The SMILES string of the molecule is CC(=O)Nc1ccc([S+]([O-])c2cc(C)cc(C)c2)cc1N. The van der Waals surface area contributed by atoms with Gasteiger partial charge in [-0.3, -0.25) is 4.79 Å². The Hall–Kier alpha value is -1.98. The fourth-order valence-corrected chi connectivity index (χ4v) is 3.42. The van der Waals surface area contributed by atoms with E-state index in [0.29, 0.717) is 16.3 Å². The zero-order valence-corrected chi connectivity index (χ0v) is 13.1. The van der Waals surface area contributed by atoms with Crippen molar-refractivity contribution < 1.29 is 9.35 Å². The maximum absolute atomic E-state index is 12.6. The van der Waals surface area contributed by atoms with Crippen molar-refractivity contribution in [3.63, 3.8) is 0 Å². The maximum Gasteiger partial charge on any atom is 0.221 e. The van der Waals surface area contributed by atoms with Crippen molar-refractivity contribution >= 4 is 28.5 Å². The summed E-state index contributed by atoms with van der Waals surface area (Å²) in [5.74, 6) is -0.190. The van der Waals surface area contributed by atoms with Crippen molar-refractivity contribution in [1.29, 1.82) is 0 Å². The van der Waals surface area contributed by atoms with Crippen LogP contribution in [0, 0.1) is 13.8 Å². The van der Waals surface area contributed by atoms with Gasteiger partial charge in [0.05, 0.1) is 11.4 Å². The standard InChI is InChI=1S/C16H18N2O2S/c1-10-6-11(2)8-14(7-10)21(20)13-4-5-16(15(17)9-13)18-12(3)19/h4-9H,17H2,1-3H3,(H,18,19). The predicted octanol–water partition coefficient (Wildman–Crippen LogP) is 3.01. The summed E-state index contributed by atoms with van der Waals surface area (Å²) in [5.41, 5.74) is 8.97. The van der Waals surface area contributed by atoms with Gasteiger partial charge in [-0.05, 0) is 49.2 Å². The van der Waals surface area contributed by atoms with Crippen LogP contribution in [-0.2, 0) is 16.0 Å². The lowest BCUT2D eigenvalue weighted by Crippen LogP contribution is -2.09. The molecule has 0 spiro atoms.